The number of nitrogens with zero attached hydrogens (tertiary/aromatic N) is 1. The van der Waals surface area contributed by atoms with Gasteiger partial charge in [0.25, 0.3) is 0 Å². The van der Waals surface area contributed by atoms with Crippen molar-refractivity contribution in [1.29, 1.82) is 0 Å². The van der Waals surface area contributed by atoms with Gasteiger partial charge in [-0.3, -0.25) is 4.79 Å². The molecule has 0 aliphatic heterocycles. The number of anilines is 1. The summed E-state index contributed by atoms with van der Waals surface area (Å²) < 4.78 is 4.86. The minimum absolute atomic E-state index is 0.0363. The molecule has 3 N–H and O–H groups in total. The number of phenolic OH excluding ortho intramolecular Hbond substituents is 1. The van der Waals surface area contributed by atoms with Crippen LogP contribution in [0.3, 0.4) is 0 Å². The molecule has 0 bridgehead atoms. The average Bonchev–Trinajstić information content (AvgIpc) is 2.74. The first-order valence-corrected chi connectivity index (χ1v) is 6.11. The number of hydrogen-bond donors (Lipinski definition) is 2. The fraction of sp³-hybridized carbons (Fsp3) is 0.167. The third kappa shape index (κ3) is 2.78. The second-order valence-electron chi connectivity index (χ2n) is 3.69. The van der Waals surface area contributed by atoms with Gasteiger partial charge in [0.1, 0.15) is 12.4 Å². The zero-order valence-corrected chi connectivity index (χ0v) is 10.5. The van der Waals surface area contributed by atoms with Crippen molar-refractivity contribution < 1.29 is 14.6 Å². The number of benzene rings is 1. The van der Waals surface area contributed by atoms with Crippen LogP contribution in [0.25, 0.3) is 11.3 Å². The molecule has 5 nitrogen and oxygen atoms in total. The number of esters is 1. The van der Waals surface area contributed by atoms with Crippen LogP contribution < -0.4 is 5.73 Å². The van der Waals surface area contributed by atoms with E-state index in [-0.39, 0.29) is 12.4 Å². The second kappa shape index (κ2) is 5.05. The van der Waals surface area contributed by atoms with Crippen molar-refractivity contribution in [3.63, 3.8) is 0 Å². The third-order valence-electron chi connectivity index (χ3n) is 2.33. The highest BCUT2D eigenvalue weighted by Gasteiger charge is 2.08. The van der Waals surface area contributed by atoms with E-state index in [4.69, 9.17) is 10.5 Å². The maximum Gasteiger partial charge on any atom is 0.302 e. The van der Waals surface area contributed by atoms with Crippen LogP contribution in [0.5, 0.6) is 5.75 Å². The Hall–Kier alpha value is -2.08. The summed E-state index contributed by atoms with van der Waals surface area (Å²) >= 11 is 1.35. The van der Waals surface area contributed by atoms with E-state index in [0.717, 1.165) is 11.3 Å². The summed E-state index contributed by atoms with van der Waals surface area (Å²) in [5, 5.41) is 12.0. The van der Waals surface area contributed by atoms with Gasteiger partial charge in [0.05, 0.1) is 5.69 Å². The molecule has 1 aromatic heterocycles. The summed E-state index contributed by atoms with van der Waals surface area (Å²) in [5.74, 6) is -0.305. The number of nitrogen functional groups attached to an aromatic ring is 1. The van der Waals surface area contributed by atoms with Crippen molar-refractivity contribution in [3.8, 4) is 17.0 Å². The number of phenols is 1. The lowest BCUT2D eigenvalue weighted by atomic mass is 10.1. The van der Waals surface area contributed by atoms with Gasteiger partial charge < -0.3 is 15.6 Å². The Bertz CT molecular complexity index is 580. The Balaban J connectivity index is 2.28. The normalized spacial score (nSPS) is 10.3. The molecule has 1 heterocycles. The van der Waals surface area contributed by atoms with E-state index >= 15 is 0 Å². The summed E-state index contributed by atoms with van der Waals surface area (Å²) in [5.41, 5.74) is 7.67. The first kappa shape index (κ1) is 12.4. The van der Waals surface area contributed by atoms with Crippen molar-refractivity contribution in [2.45, 2.75) is 13.5 Å². The fourth-order valence-electron chi connectivity index (χ4n) is 1.46. The molecule has 1 aromatic carbocycles. The highest BCUT2D eigenvalue weighted by Crippen LogP contribution is 2.28. The van der Waals surface area contributed by atoms with E-state index in [2.05, 4.69) is 4.98 Å². The number of rotatable bonds is 3. The maximum atomic E-state index is 10.8. The van der Waals surface area contributed by atoms with Gasteiger partial charge in [0.15, 0.2) is 5.13 Å². The van der Waals surface area contributed by atoms with Gasteiger partial charge >= 0.3 is 5.97 Å². The molecule has 0 unspecified atom stereocenters. The molecular formula is C12H12N2O3S. The zero-order chi connectivity index (χ0) is 13.1. The summed E-state index contributed by atoms with van der Waals surface area (Å²) in [7, 11) is 0. The predicted molar refractivity (Wildman–Crippen MR) is 69.1 cm³/mol. The van der Waals surface area contributed by atoms with Gasteiger partial charge in [-0.2, -0.15) is 0 Å². The van der Waals surface area contributed by atoms with Crippen molar-refractivity contribution >= 4 is 22.4 Å². The second-order valence-corrected chi connectivity index (χ2v) is 4.58. The van der Waals surface area contributed by atoms with Gasteiger partial charge in [-0.05, 0) is 18.2 Å². The quantitative estimate of drug-likeness (QED) is 0.830. The smallest absolute Gasteiger partial charge is 0.302 e. The van der Waals surface area contributed by atoms with E-state index in [9.17, 15) is 9.90 Å². The largest absolute Gasteiger partial charge is 0.508 e. The summed E-state index contributed by atoms with van der Waals surface area (Å²) in [6.07, 6.45) is 0. The first-order valence-electron chi connectivity index (χ1n) is 5.23. The Morgan fingerprint density at radius 1 is 1.56 bits per heavy atom. The van der Waals surface area contributed by atoms with E-state index < -0.39 is 5.97 Å². The molecule has 0 aliphatic carbocycles. The lowest BCUT2D eigenvalue weighted by Crippen LogP contribution is -1.99. The first-order chi connectivity index (χ1) is 8.56. The molecule has 0 atom stereocenters. The SMILES string of the molecule is CC(=O)OCc1cc(-c2csc(N)n2)ccc1O. The number of aromatic hydroxyl groups is 1. The number of carbonyl (C=O) groups is 1. The fourth-order valence-corrected chi connectivity index (χ4v) is 2.03. The molecule has 0 aliphatic rings. The molecule has 0 saturated carbocycles. The molecule has 0 spiro atoms. The molecule has 0 radical (unpaired) electrons. The molecular weight excluding hydrogens is 252 g/mol. The van der Waals surface area contributed by atoms with Crippen LogP contribution in [-0.2, 0) is 16.1 Å². The maximum absolute atomic E-state index is 10.8. The minimum atomic E-state index is -0.391. The Labute approximate surface area is 108 Å². The molecule has 0 saturated heterocycles. The van der Waals surface area contributed by atoms with Crippen LogP contribution in [0.2, 0.25) is 0 Å². The number of nitrogens with two attached hydrogens (primary N) is 1. The lowest BCUT2D eigenvalue weighted by molar-refractivity contribution is -0.142. The monoisotopic (exact) mass is 264 g/mol. The Morgan fingerprint density at radius 3 is 2.94 bits per heavy atom. The summed E-state index contributed by atoms with van der Waals surface area (Å²) in [6, 6.07) is 5.01. The standard InChI is InChI=1S/C12H12N2O3S/c1-7(15)17-5-9-4-8(2-3-11(9)16)10-6-18-12(13)14-10/h2-4,6,16H,5H2,1H3,(H2,13,14). The third-order valence-corrected chi connectivity index (χ3v) is 3.00. The van der Waals surface area contributed by atoms with E-state index in [1.54, 1.807) is 18.2 Å². The van der Waals surface area contributed by atoms with Crippen LogP contribution >= 0.6 is 11.3 Å². The number of thiazole rings is 1. The van der Waals surface area contributed by atoms with E-state index in [1.807, 2.05) is 5.38 Å². The highest BCUT2D eigenvalue weighted by atomic mass is 32.1. The van der Waals surface area contributed by atoms with Gasteiger partial charge in [0.2, 0.25) is 0 Å². The molecule has 0 amide bonds. The molecule has 2 aromatic rings. The van der Waals surface area contributed by atoms with Crippen LogP contribution in [0.15, 0.2) is 23.6 Å². The highest BCUT2D eigenvalue weighted by molar-refractivity contribution is 7.13. The number of aromatic nitrogens is 1. The van der Waals surface area contributed by atoms with Crippen LogP contribution in [0, 0.1) is 0 Å². The van der Waals surface area contributed by atoms with Crippen molar-refractivity contribution in [2.24, 2.45) is 0 Å². The van der Waals surface area contributed by atoms with Crippen molar-refractivity contribution in [1.82, 2.24) is 4.98 Å². The summed E-state index contributed by atoms with van der Waals surface area (Å²) in [6.45, 7) is 1.36. The van der Waals surface area contributed by atoms with E-state index in [1.165, 1.54) is 18.3 Å². The van der Waals surface area contributed by atoms with Crippen LogP contribution in [0.1, 0.15) is 12.5 Å². The minimum Gasteiger partial charge on any atom is -0.508 e. The molecule has 2 rings (SSSR count). The zero-order valence-electron chi connectivity index (χ0n) is 9.71. The number of carbonyl (C=O) groups excluding carboxylic acids is 1. The summed E-state index contributed by atoms with van der Waals surface area (Å²) in [4.78, 5) is 14.9. The van der Waals surface area contributed by atoms with Gasteiger partial charge in [-0.1, -0.05) is 0 Å². The van der Waals surface area contributed by atoms with Gasteiger partial charge in [0, 0.05) is 23.4 Å². The average molecular weight is 264 g/mol. The van der Waals surface area contributed by atoms with Gasteiger partial charge in [-0.25, -0.2) is 4.98 Å². The van der Waals surface area contributed by atoms with Crippen molar-refractivity contribution in [2.75, 3.05) is 5.73 Å². The molecule has 0 fully saturated rings. The molecule has 18 heavy (non-hydrogen) atoms. The molecule has 6 heteroatoms. The Morgan fingerprint density at radius 2 is 2.33 bits per heavy atom. The topological polar surface area (TPSA) is 85.4 Å². The lowest BCUT2D eigenvalue weighted by Gasteiger charge is -2.06. The predicted octanol–water partition coefficient (Wildman–Crippen LogP) is 2.16. The van der Waals surface area contributed by atoms with Gasteiger partial charge in [-0.15, -0.1) is 11.3 Å². The Kier molecular flexibility index (Phi) is 3.47. The van der Waals surface area contributed by atoms with Crippen LogP contribution in [0.4, 0.5) is 5.13 Å². The van der Waals surface area contributed by atoms with Crippen molar-refractivity contribution in [3.05, 3.63) is 29.1 Å². The molecule has 94 valence electrons. The van der Waals surface area contributed by atoms with Crippen LogP contribution in [-0.4, -0.2) is 16.1 Å². The van der Waals surface area contributed by atoms with E-state index in [0.29, 0.717) is 10.7 Å². The number of hydrogen-bond acceptors (Lipinski definition) is 6. The number of ether oxygens (including phenoxy) is 1.